The lowest BCUT2D eigenvalue weighted by Crippen LogP contribution is -2.09. The van der Waals surface area contributed by atoms with E-state index in [1.807, 2.05) is 31.3 Å². The number of hydrogen-bond acceptors (Lipinski definition) is 6. The number of nitrogens with two attached hydrogens (primary N) is 1. The van der Waals surface area contributed by atoms with E-state index in [1.165, 1.54) is 0 Å². The van der Waals surface area contributed by atoms with Crippen molar-refractivity contribution in [2.24, 2.45) is 0 Å². The van der Waals surface area contributed by atoms with E-state index in [0.717, 1.165) is 11.4 Å². The summed E-state index contributed by atoms with van der Waals surface area (Å²) in [6.45, 7) is 0. The van der Waals surface area contributed by atoms with Crippen LogP contribution in [0.2, 0.25) is 0 Å². The van der Waals surface area contributed by atoms with E-state index >= 15 is 0 Å². The van der Waals surface area contributed by atoms with Crippen LogP contribution >= 0.6 is 0 Å². The number of nitrogen functional groups attached to an aromatic ring is 1. The second-order valence-electron chi connectivity index (χ2n) is 3.18. The largest absolute Gasteiger partial charge is 0.497 e. The predicted octanol–water partition coefficient (Wildman–Crippen LogP) is 1.43. The third kappa shape index (κ3) is 1.90. The second kappa shape index (κ2) is 4.09. The quantitative estimate of drug-likeness (QED) is 0.843. The van der Waals surface area contributed by atoms with E-state index in [2.05, 4.69) is 10.2 Å². The van der Waals surface area contributed by atoms with Crippen molar-refractivity contribution in [3.8, 4) is 5.75 Å². The lowest BCUT2D eigenvalue weighted by molar-refractivity contribution is 0.415. The predicted molar refractivity (Wildman–Crippen MR) is 59.8 cm³/mol. The van der Waals surface area contributed by atoms with E-state index in [-0.39, 0.29) is 6.01 Å². The zero-order chi connectivity index (χ0) is 11.5. The molecule has 0 unspecified atom stereocenters. The van der Waals surface area contributed by atoms with Gasteiger partial charge >= 0.3 is 12.0 Å². The summed E-state index contributed by atoms with van der Waals surface area (Å²) in [4.78, 5) is 1.74. The summed E-state index contributed by atoms with van der Waals surface area (Å²) in [5.74, 6) is 0.794. The van der Waals surface area contributed by atoms with Crippen molar-refractivity contribution in [2.45, 2.75) is 0 Å². The number of anilines is 3. The number of ether oxygens (including phenoxy) is 1. The van der Waals surface area contributed by atoms with Gasteiger partial charge in [0.15, 0.2) is 0 Å². The minimum Gasteiger partial charge on any atom is -0.497 e. The molecular weight excluding hydrogens is 208 g/mol. The lowest BCUT2D eigenvalue weighted by atomic mass is 10.3. The Hall–Kier alpha value is -2.24. The van der Waals surface area contributed by atoms with Gasteiger partial charge in [-0.25, -0.2) is 0 Å². The summed E-state index contributed by atoms with van der Waals surface area (Å²) in [5.41, 5.74) is 6.26. The normalized spacial score (nSPS) is 10.1. The summed E-state index contributed by atoms with van der Waals surface area (Å²) in [6.07, 6.45) is 0. The van der Waals surface area contributed by atoms with Gasteiger partial charge in [-0.2, -0.15) is 0 Å². The third-order valence-electron chi connectivity index (χ3n) is 2.18. The van der Waals surface area contributed by atoms with Crippen LogP contribution in [-0.4, -0.2) is 24.4 Å². The van der Waals surface area contributed by atoms with Crippen LogP contribution in [0.25, 0.3) is 0 Å². The monoisotopic (exact) mass is 220 g/mol. The van der Waals surface area contributed by atoms with Crippen LogP contribution in [0.1, 0.15) is 0 Å². The molecule has 16 heavy (non-hydrogen) atoms. The molecule has 2 rings (SSSR count). The van der Waals surface area contributed by atoms with Gasteiger partial charge in [0.2, 0.25) is 0 Å². The summed E-state index contributed by atoms with van der Waals surface area (Å²) < 4.78 is 10.2. The van der Waals surface area contributed by atoms with Crippen molar-refractivity contribution in [3.05, 3.63) is 24.3 Å². The number of hydrogen-bond donors (Lipinski definition) is 1. The highest BCUT2D eigenvalue weighted by atomic mass is 16.5. The lowest BCUT2D eigenvalue weighted by Gasteiger charge is -2.13. The molecular formula is C10H12N4O2. The number of benzene rings is 1. The van der Waals surface area contributed by atoms with E-state index in [4.69, 9.17) is 14.9 Å². The summed E-state index contributed by atoms with van der Waals surface area (Å²) in [5, 5.41) is 7.38. The Balaban J connectivity index is 2.23. The minimum atomic E-state index is 0.0513. The van der Waals surface area contributed by atoms with Crippen LogP contribution in [0.3, 0.4) is 0 Å². The first-order chi connectivity index (χ1) is 7.70. The van der Waals surface area contributed by atoms with Gasteiger partial charge in [-0.3, -0.25) is 4.90 Å². The van der Waals surface area contributed by atoms with Crippen LogP contribution in [0.15, 0.2) is 28.7 Å². The van der Waals surface area contributed by atoms with Gasteiger partial charge in [-0.15, -0.1) is 0 Å². The van der Waals surface area contributed by atoms with Crippen molar-refractivity contribution in [2.75, 3.05) is 24.8 Å². The fraction of sp³-hybridized carbons (Fsp3) is 0.200. The molecule has 0 fully saturated rings. The molecule has 1 aromatic heterocycles. The third-order valence-corrected chi connectivity index (χ3v) is 2.18. The van der Waals surface area contributed by atoms with Gasteiger partial charge < -0.3 is 14.9 Å². The first-order valence-corrected chi connectivity index (χ1v) is 4.67. The van der Waals surface area contributed by atoms with Crippen molar-refractivity contribution >= 4 is 17.7 Å². The molecule has 0 aliphatic carbocycles. The molecule has 2 aromatic rings. The molecule has 0 atom stereocenters. The first kappa shape index (κ1) is 10.3. The minimum absolute atomic E-state index is 0.0513. The Kier molecular flexibility index (Phi) is 2.63. The van der Waals surface area contributed by atoms with Crippen LogP contribution in [-0.2, 0) is 0 Å². The first-order valence-electron chi connectivity index (χ1n) is 4.67. The van der Waals surface area contributed by atoms with Crippen LogP contribution < -0.4 is 15.4 Å². The number of nitrogens with zero attached hydrogens (tertiary/aromatic N) is 3. The molecule has 0 saturated heterocycles. The van der Waals surface area contributed by atoms with Crippen LogP contribution in [0, 0.1) is 0 Å². The molecule has 0 aliphatic rings. The number of methoxy groups -OCH3 is 1. The van der Waals surface area contributed by atoms with Gasteiger partial charge in [-0.05, 0) is 24.3 Å². The summed E-state index contributed by atoms with van der Waals surface area (Å²) in [6, 6.07) is 7.88. The Morgan fingerprint density at radius 3 is 2.44 bits per heavy atom. The van der Waals surface area contributed by atoms with E-state index in [9.17, 15) is 0 Å². The fourth-order valence-electron chi connectivity index (χ4n) is 1.28. The van der Waals surface area contributed by atoms with Crippen molar-refractivity contribution in [1.29, 1.82) is 0 Å². The Morgan fingerprint density at radius 1 is 1.25 bits per heavy atom. The van der Waals surface area contributed by atoms with Gasteiger partial charge in [-0.1, -0.05) is 10.2 Å². The molecule has 1 aromatic carbocycles. The standard InChI is InChI=1S/C10H12N4O2/c1-14(10-13-12-9(11)16-10)7-3-5-8(15-2)6-4-7/h3-6H,1-2H3,(H2,11,12). The highest BCUT2D eigenvalue weighted by molar-refractivity contribution is 5.56. The van der Waals surface area contributed by atoms with Crippen molar-refractivity contribution in [3.63, 3.8) is 0 Å². The van der Waals surface area contributed by atoms with Gasteiger partial charge in [0.25, 0.3) is 0 Å². The van der Waals surface area contributed by atoms with Crippen LogP contribution in [0.5, 0.6) is 5.75 Å². The maximum Gasteiger partial charge on any atom is 0.323 e. The molecule has 0 aliphatic heterocycles. The molecule has 6 nitrogen and oxygen atoms in total. The van der Waals surface area contributed by atoms with Gasteiger partial charge in [0.05, 0.1) is 7.11 Å². The van der Waals surface area contributed by atoms with E-state index in [1.54, 1.807) is 12.0 Å². The molecule has 0 saturated carbocycles. The zero-order valence-corrected chi connectivity index (χ0v) is 9.04. The zero-order valence-electron chi connectivity index (χ0n) is 9.04. The smallest absolute Gasteiger partial charge is 0.323 e. The Bertz CT molecular complexity index is 466. The average Bonchev–Trinajstić information content (AvgIpc) is 2.75. The van der Waals surface area contributed by atoms with E-state index in [0.29, 0.717) is 6.01 Å². The summed E-state index contributed by atoms with van der Waals surface area (Å²) in [7, 11) is 3.44. The van der Waals surface area contributed by atoms with E-state index < -0.39 is 0 Å². The average molecular weight is 220 g/mol. The van der Waals surface area contributed by atoms with Gasteiger partial charge in [0.1, 0.15) is 5.75 Å². The molecule has 0 radical (unpaired) electrons. The Labute approximate surface area is 92.6 Å². The maximum absolute atomic E-state index is 5.35. The van der Waals surface area contributed by atoms with Gasteiger partial charge in [0, 0.05) is 12.7 Å². The Morgan fingerprint density at radius 2 is 1.94 bits per heavy atom. The molecule has 1 heterocycles. The highest BCUT2D eigenvalue weighted by Crippen LogP contribution is 2.24. The fourth-order valence-corrected chi connectivity index (χ4v) is 1.28. The highest BCUT2D eigenvalue weighted by Gasteiger charge is 2.10. The molecule has 6 heteroatoms. The second-order valence-corrected chi connectivity index (χ2v) is 3.18. The number of aromatic nitrogens is 2. The molecule has 2 N–H and O–H groups in total. The molecule has 84 valence electrons. The molecule has 0 spiro atoms. The van der Waals surface area contributed by atoms with Crippen molar-refractivity contribution in [1.82, 2.24) is 10.2 Å². The maximum atomic E-state index is 5.35. The number of rotatable bonds is 3. The topological polar surface area (TPSA) is 77.4 Å². The van der Waals surface area contributed by atoms with Crippen LogP contribution in [0.4, 0.5) is 17.7 Å². The summed E-state index contributed by atoms with van der Waals surface area (Å²) >= 11 is 0. The molecule has 0 bridgehead atoms. The van der Waals surface area contributed by atoms with Crippen molar-refractivity contribution < 1.29 is 9.15 Å². The molecule has 0 amide bonds. The SMILES string of the molecule is COc1ccc(N(C)c2nnc(N)o2)cc1.